The molecule has 3 heterocycles. The number of fused-ring (bicyclic) bond motifs is 12. The van der Waals surface area contributed by atoms with Crippen LogP contribution in [0.4, 0.5) is 0 Å². The molecule has 0 amide bonds. The predicted molar refractivity (Wildman–Crippen MR) is 226 cm³/mol. The van der Waals surface area contributed by atoms with Crippen molar-refractivity contribution in [3.63, 3.8) is 0 Å². The number of hydrogen-bond acceptors (Lipinski definition) is 2. The van der Waals surface area contributed by atoms with Crippen LogP contribution >= 0.6 is 0 Å². The van der Waals surface area contributed by atoms with Crippen molar-refractivity contribution in [3.05, 3.63) is 182 Å². The Balaban J connectivity index is 1.18. The van der Waals surface area contributed by atoms with Crippen LogP contribution in [0.15, 0.2) is 182 Å². The number of para-hydroxylation sites is 2. The molecule has 12 rings (SSSR count). The smallest absolute Gasteiger partial charge is 0.235 e. The summed E-state index contributed by atoms with van der Waals surface area (Å²) in [7, 11) is 0. The Hall–Kier alpha value is -7.30. The zero-order valence-electron chi connectivity index (χ0n) is 29.1. The molecule has 3 aromatic heterocycles. The van der Waals surface area contributed by atoms with Crippen molar-refractivity contribution in [1.29, 1.82) is 0 Å². The lowest BCUT2D eigenvalue weighted by Crippen LogP contribution is -2.03. The fourth-order valence-electron chi connectivity index (χ4n) is 8.86. The molecule has 0 atom stereocenters. The third kappa shape index (κ3) is 4.13. The van der Waals surface area contributed by atoms with Crippen LogP contribution in [-0.4, -0.2) is 19.1 Å². The zero-order valence-corrected chi connectivity index (χ0v) is 29.1. The summed E-state index contributed by atoms with van der Waals surface area (Å²) in [6.07, 6.45) is 0. The first-order chi connectivity index (χ1) is 26.8. The van der Waals surface area contributed by atoms with E-state index in [0.29, 0.717) is 5.95 Å². The van der Waals surface area contributed by atoms with Crippen molar-refractivity contribution in [2.45, 2.75) is 0 Å². The van der Waals surface area contributed by atoms with E-state index in [9.17, 15) is 0 Å². The minimum Gasteiger partial charge on any atom is -0.309 e. The van der Waals surface area contributed by atoms with Gasteiger partial charge in [0.15, 0.2) is 0 Å². The van der Waals surface area contributed by atoms with Crippen LogP contribution in [0.1, 0.15) is 0 Å². The fraction of sp³-hybridized carbons (Fsp3) is 0. The molecule has 0 radical (unpaired) electrons. The molecule has 12 aromatic rings. The van der Waals surface area contributed by atoms with E-state index >= 15 is 0 Å². The third-order valence-electron chi connectivity index (χ3n) is 11.3. The average Bonchev–Trinajstić information content (AvgIpc) is 3.75. The SMILES string of the molecule is c1ccc(-n2c3cc(-c4nc(-n5c6cc7ccccc7cc6c6c7ccccc7ccc65)nc5ccccc45)ccc3c3c4ccccc4ccc32)cc1. The number of aromatic nitrogens is 4. The number of nitrogens with zero attached hydrogens (tertiary/aromatic N) is 4. The molecule has 0 fully saturated rings. The number of hydrogen-bond donors (Lipinski definition) is 0. The van der Waals surface area contributed by atoms with Gasteiger partial charge >= 0.3 is 0 Å². The van der Waals surface area contributed by atoms with Crippen molar-refractivity contribution in [1.82, 2.24) is 19.1 Å². The van der Waals surface area contributed by atoms with E-state index in [-0.39, 0.29) is 0 Å². The zero-order chi connectivity index (χ0) is 35.3. The van der Waals surface area contributed by atoms with Gasteiger partial charge in [0.2, 0.25) is 5.95 Å². The van der Waals surface area contributed by atoms with Gasteiger partial charge in [-0.15, -0.1) is 0 Å². The normalized spacial score (nSPS) is 12.1. The maximum atomic E-state index is 5.53. The van der Waals surface area contributed by atoms with E-state index in [0.717, 1.165) is 44.4 Å². The fourth-order valence-corrected chi connectivity index (χ4v) is 8.86. The molecule has 4 nitrogen and oxygen atoms in total. The van der Waals surface area contributed by atoms with E-state index in [1.165, 1.54) is 59.4 Å². The van der Waals surface area contributed by atoms with E-state index < -0.39 is 0 Å². The molecule has 0 spiro atoms. The quantitative estimate of drug-likeness (QED) is 0.185. The van der Waals surface area contributed by atoms with E-state index in [1.807, 2.05) is 0 Å². The molecule has 4 heteroatoms. The molecule has 0 N–H and O–H groups in total. The standard InChI is InChI=1S/C50H30N4/c1-2-16-36(17-3-1)53-43-26-23-31-12-6-8-18-37(31)47(43)40-25-22-35(30-45(40)53)49-39-20-10-11-21-42(39)51-50(52-49)54-44-27-24-32-13-7-9-19-38(32)48(44)41-28-33-14-4-5-15-34(33)29-46(41)54/h1-30H. The van der Waals surface area contributed by atoms with Gasteiger partial charge in [0.05, 0.1) is 33.3 Å². The second-order valence-corrected chi connectivity index (χ2v) is 14.2. The molecule has 250 valence electrons. The molecular weight excluding hydrogens is 657 g/mol. The van der Waals surface area contributed by atoms with E-state index in [4.69, 9.17) is 9.97 Å². The molecular formula is C50H30N4. The molecule has 0 aliphatic rings. The molecule has 0 aliphatic heterocycles. The summed E-state index contributed by atoms with van der Waals surface area (Å²) in [5.74, 6) is 0.656. The Kier molecular flexibility index (Phi) is 6.02. The monoisotopic (exact) mass is 686 g/mol. The summed E-state index contributed by atoms with van der Waals surface area (Å²) < 4.78 is 4.67. The second kappa shape index (κ2) is 11.1. The molecule has 0 bridgehead atoms. The minimum absolute atomic E-state index is 0.656. The van der Waals surface area contributed by atoms with Crippen LogP contribution in [0.3, 0.4) is 0 Å². The van der Waals surface area contributed by atoms with Crippen molar-refractivity contribution >= 4 is 86.8 Å². The van der Waals surface area contributed by atoms with Gasteiger partial charge in [-0.1, -0.05) is 133 Å². The molecule has 0 aliphatic carbocycles. The van der Waals surface area contributed by atoms with Crippen molar-refractivity contribution < 1.29 is 0 Å². The minimum atomic E-state index is 0.656. The average molecular weight is 687 g/mol. The molecule has 0 saturated carbocycles. The maximum Gasteiger partial charge on any atom is 0.235 e. The van der Waals surface area contributed by atoms with Crippen LogP contribution in [0.2, 0.25) is 0 Å². The Labute approximate surface area is 309 Å². The van der Waals surface area contributed by atoms with Crippen LogP contribution in [-0.2, 0) is 0 Å². The summed E-state index contributed by atoms with van der Waals surface area (Å²) in [4.78, 5) is 10.8. The van der Waals surface area contributed by atoms with Crippen LogP contribution in [0.5, 0.6) is 0 Å². The Morgan fingerprint density at radius 2 is 0.907 bits per heavy atom. The highest BCUT2D eigenvalue weighted by molar-refractivity contribution is 6.24. The Bertz CT molecular complexity index is 3500. The van der Waals surface area contributed by atoms with Gasteiger partial charge in [0.1, 0.15) is 0 Å². The highest BCUT2D eigenvalue weighted by Gasteiger charge is 2.21. The van der Waals surface area contributed by atoms with Gasteiger partial charge in [0, 0.05) is 38.2 Å². The summed E-state index contributed by atoms with van der Waals surface area (Å²) in [6, 6.07) is 65.4. The van der Waals surface area contributed by atoms with Gasteiger partial charge in [-0.3, -0.25) is 4.57 Å². The Morgan fingerprint density at radius 1 is 0.333 bits per heavy atom. The number of benzene rings is 9. The first kappa shape index (κ1) is 29.3. The maximum absolute atomic E-state index is 5.53. The highest BCUT2D eigenvalue weighted by atomic mass is 15.2. The van der Waals surface area contributed by atoms with E-state index in [2.05, 4.69) is 191 Å². The van der Waals surface area contributed by atoms with Gasteiger partial charge in [0.25, 0.3) is 0 Å². The lowest BCUT2D eigenvalue weighted by Gasteiger charge is -2.13. The lowest BCUT2D eigenvalue weighted by atomic mass is 10.0. The van der Waals surface area contributed by atoms with Gasteiger partial charge in [-0.05, 0) is 80.8 Å². The molecule has 54 heavy (non-hydrogen) atoms. The summed E-state index contributed by atoms with van der Waals surface area (Å²) in [5.41, 5.74) is 8.49. The van der Waals surface area contributed by atoms with Gasteiger partial charge < -0.3 is 4.57 Å². The molecule has 0 unspecified atom stereocenters. The second-order valence-electron chi connectivity index (χ2n) is 14.2. The van der Waals surface area contributed by atoms with Crippen LogP contribution < -0.4 is 0 Å². The predicted octanol–water partition coefficient (Wildman–Crippen LogP) is 13.0. The van der Waals surface area contributed by atoms with Gasteiger partial charge in [-0.25, -0.2) is 9.97 Å². The van der Waals surface area contributed by atoms with Crippen molar-refractivity contribution in [2.24, 2.45) is 0 Å². The molecule has 0 saturated heterocycles. The van der Waals surface area contributed by atoms with Crippen molar-refractivity contribution in [2.75, 3.05) is 0 Å². The van der Waals surface area contributed by atoms with Crippen molar-refractivity contribution in [3.8, 4) is 22.9 Å². The first-order valence-corrected chi connectivity index (χ1v) is 18.4. The van der Waals surface area contributed by atoms with Gasteiger partial charge in [-0.2, -0.15) is 0 Å². The summed E-state index contributed by atoms with van der Waals surface area (Å²) in [5, 5.41) is 13.2. The summed E-state index contributed by atoms with van der Waals surface area (Å²) in [6.45, 7) is 0. The van der Waals surface area contributed by atoms with Crippen LogP contribution in [0.25, 0.3) is 110 Å². The summed E-state index contributed by atoms with van der Waals surface area (Å²) >= 11 is 0. The van der Waals surface area contributed by atoms with Crippen LogP contribution in [0, 0.1) is 0 Å². The number of rotatable bonds is 3. The Morgan fingerprint density at radius 3 is 1.65 bits per heavy atom. The third-order valence-corrected chi connectivity index (χ3v) is 11.3. The largest absolute Gasteiger partial charge is 0.309 e. The lowest BCUT2D eigenvalue weighted by molar-refractivity contribution is 1.01. The highest BCUT2D eigenvalue weighted by Crippen LogP contribution is 2.41. The first-order valence-electron chi connectivity index (χ1n) is 18.4. The van der Waals surface area contributed by atoms with E-state index in [1.54, 1.807) is 0 Å². The topological polar surface area (TPSA) is 35.6 Å². The molecule has 9 aromatic carbocycles.